The lowest BCUT2D eigenvalue weighted by atomic mass is 9.93. The number of aryl methyl sites for hydroxylation is 1. The quantitative estimate of drug-likeness (QED) is 0.823. The van der Waals surface area contributed by atoms with Crippen LogP contribution < -0.4 is 11.1 Å². The number of nitrogens with zero attached hydrogens (tertiary/aromatic N) is 1. The molecule has 0 bridgehead atoms. The predicted octanol–water partition coefficient (Wildman–Crippen LogP) is 1.85. The predicted molar refractivity (Wildman–Crippen MR) is 80.1 cm³/mol. The number of rotatable bonds is 6. The third kappa shape index (κ3) is 5.85. The van der Waals surface area contributed by atoms with Gasteiger partial charge < -0.3 is 11.1 Å². The summed E-state index contributed by atoms with van der Waals surface area (Å²) in [6.45, 7) is 8.00. The summed E-state index contributed by atoms with van der Waals surface area (Å²) in [5, 5.41) is 2.89. The fourth-order valence-corrected chi connectivity index (χ4v) is 1.93. The molecule has 106 valence electrons. The third-order valence-corrected chi connectivity index (χ3v) is 3.00. The molecule has 1 rings (SSSR count). The fourth-order valence-electron chi connectivity index (χ4n) is 1.93. The van der Waals surface area contributed by atoms with Crippen LogP contribution in [0.1, 0.15) is 19.4 Å². The molecule has 1 aromatic carbocycles. The standard InChI is InChI=1S/C15H25N3O/c1-12-5-7-13(8-6-12)17-14(19)9-18(4)11-15(2,3)10-16/h5-8H,9-11,16H2,1-4H3,(H,17,19). The van der Waals surface area contributed by atoms with E-state index in [0.29, 0.717) is 13.1 Å². The Bertz CT molecular complexity index is 412. The summed E-state index contributed by atoms with van der Waals surface area (Å²) in [6, 6.07) is 7.79. The number of anilines is 1. The van der Waals surface area contributed by atoms with Crippen molar-refractivity contribution >= 4 is 11.6 Å². The van der Waals surface area contributed by atoms with Crippen molar-refractivity contribution < 1.29 is 4.79 Å². The molecule has 0 saturated carbocycles. The van der Waals surface area contributed by atoms with Gasteiger partial charge in [0.05, 0.1) is 6.54 Å². The highest BCUT2D eigenvalue weighted by molar-refractivity contribution is 5.92. The summed E-state index contributed by atoms with van der Waals surface area (Å²) < 4.78 is 0. The van der Waals surface area contributed by atoms with E-state index in [1.54, 1.807) is 0 Å². The molecule has 0 saturated heterocycles. The maximum Gasteiger partial charge on any atom is 0.238 e. The number of nitrogens with one attached hydrogen (secondary N) is 1. The number of likely N-dealkylation sites (N-methyl/N-ethyl adjacent to an activating group) is 1. The van der Waals surface area contributed by atoms with E-state index in [1.165, 1.54) is 5.56 Å². The van der Waals surface area contributed by atoms with Gasteiger partial charge in [-0.2, -0.15) is 0 Å². The molecule has 0 aromatic heterocycles. The SMILES string of the molecule is Cc1ccc(NC(=O)CN(C)CC(C)(C)CN)cc1. The smallest absolute Gasteiger partial charge is 0.238 e. The molecular formula is C15H25N3O. The van der Waals surface area contributed by atoms with Crippen LogP contribution in [0.15, 0.2) is 24.3 Å². The Morgan fingerprint density at radius 3 is 2.42 bits per heavy atom. The summed E-state index contributed by atoms with van der Waals surface area (Å²) in [5.74, 6) is -0.000764. The second kappa shape index (κ2) is 6.68. The van der Waals surface area contributed by atoms with Crippen molar-refractivity contribution in [3.05, 3.63) is 29.8 Å². The Morgan fingerprint density at radius 1 is 1.32 bits per heavy atom. The lowest BCUT2D eigenvalue weighted by Gasteiger charge is -2.28. The van der Waals surface area contributed by atoms with Gasteiger partial charge in [-0.05, 0) is 38.1 Å². The number of amides is 1. The molecule has 0 aliphatic rings. The normalized spacial score (nSPS) is 11.7. The topological polar surface area (TPSA) is 58.4 Å². The van der Waals surface area contributed by atoms with E-state index in [4.69, 9.17) is 5.73 Å². The Morgan fingerprint density at radius 2 is 1.89 bits per heavy atom. The summed E-state index contributed by atoms with van der Waals surface area (Å²) in [6.07, 6.45) is 0. The maximum atomic E-state index is 11.9. The second-order valence-electron chi connectivity index (χ2n) is 5.95. The molecule has 0 radical (unpaired) electrons. The molecule has 0 atom stereocenters. The molecule has 0 aliphatic carbocycles. The van der Waals surface area contributed by atoms with E-state index in [-0.39, 0.29) is 11.3 Å². The van der Waals surface area contributed by atoms with Crippen LogP contribution in [0, 0.1) is 12.3 Å². The average Bonchev–Trinajstić information content (AvgIpc) is 2.31. The van der Waals surface area contributed by atoms with Crippen molar-refractivity contribution in [2.75, 3.05) is 32.0 Å². The van der Waals surface area contributed by atoms with E-state index in [9.17, 15) is 4.79 Å². The van der Waals surface area contributed by atoms with Crippen molar-refractivity contribution in [2.45, 2.75) is 20.8 Å². The molecule has 0 spiro atoms. The van der Waals surface area contributed by atoms with Gasteiger partial charge in [-0.25, -0.2) is 0 Å². The summed E-state index contributed by atoms with van der Waals surface area (Å²) in [7, 11) is 1.94. The molecule has 3 N–H and O–H groups in total. The van der Waals surface area contributed by atoms with Crippen LogP contribution in [0.3, 0.4) is 0 Å². The highest BCUT2D eigenvalue weighted by Crippen LogP contribution is 2.14. The van der Waals surface area contributed by atoms with E-state index < -0.39 is 0 Å². The number of hydrogen-bond acceptors (Lipinski definition) is 3. The highest BCUT2D eigenvalue weighted by Gasteiger charge is 2.19. The molecule has 4 heteroatoms. The number of benzene rings is 1. The second-order valence-corrected chi connectivity index (χ2v) is 5.95. The number of carbonyl (C=O) groups excluding carboxylic acids is 1. The first kappa shape index (κ1) is 15.7. The molecule has 1 amide bonds. The molecule has 0 heterocycles. The average molecular weight is 263 g/mol. The minimum absolute atomic E-state index is 0.000764. The monoisotopic (exact) mass is 263 g/mol. The van der Waals surface area contributed by atoms with Crippen molar-refractivity contribution in [1.82, 2.24) is 4.90 Å². The van der Waals surface area contributed by atoms with Crippen LogP contribution >= 0.6 is 0 Å². The molecule has 0 unspecified atom stereocenters. The van der Waals surface area contributed by atoms with Crippen LogP contribution in [-0.2, 0) is 4.79 Å². The number of nitrogens with two attached hydrogens (primary N) is 1. The number of hydrogen-bond donors (Lipinski definition) is 2. The molecule has 1 aromatic rings. The minimum Gasteiger partial charge on any atom is -0.330 e. The number of carbonyl (C=O) groups is 1. The van der Waals surface area contributed by atoms with E-state index >= 15 is 0 Å². The lowest BCUT2D eigenvalue weighted by molar-refractivity contribution is -0.117. The van der Waals surface area contributed by atoms with Gasteiger partial charge in [0.25, 0.3) is 0 Å². The van der Waals surface area contributed by atoms with Crippen molar-refractivity contribution in [1.29, 1.82) is 0 Å². The van der Waals surface area contributed by atoms with E-state index in [1.807, 2.05) is 43.1 Å². The molecule has 19 heavy (non-hydrogen) atoms. The van der Waals surface area contributed by atoms with Crippen LogP contribution in [-0.4, -0.2) is 37.5 Å². The van der Waals surface area contributed by atoms with Crippen LogP contribution in [0.25, 0.3) is 0 Å². The Hall–Kier alpha value is -1.39. The first-order valence-corrected chi connectivity index (χ1v) is 6.57. The first-order chi connectivity index (χ1) is 8.82. The van der Waals surface area contributed by atoms with Crippen molar-refractivity contribution in [3.63, 3.8) is 0 Å². The first-order valence-electron chi connectivity index (χ1n) is 6.57. The van der Waals surface area contributed by atoms with Gasteiger partial charge in [0.15, 0.2) is 0 Å². The zero-order chi connectivity index (χ0) is 14.5. The molecule has 0 aliphatic heterocycles. The molecular weight excluding hydrogens is 238 g/mol. The van der Waals surface area contributed by atoms with Crippen LogP contribution in [0.5, 0.6) is 0 Å². The van der Waals surface area contributed by atoms with Gasteiger partial charge in [-0.15, -0.1) is 0 Å². The Labute approximate surface area is 116 Å². The third-order valence-electron chi connectivity index (χ3n) is 3.00. The lowest BCUT2D eigenvalue weighted by Crippen LogP contribution is -2.40. The Balaban J connectivity index is 2.45. The zero-order valence-corrected chi connectivity index (χ0v) is 12.4. The molecule has 4 nitrogen and oxygen atoms in total. The summed E-state index contributed by atoms with van der Waals surface area (Å²) in [5.41, 5.74) is 7.74. The zero-order valence-electron chi connectivity index (χ0n) is 12.4. The van der Waals surface area contributed by atoms with E-state index in [2.05, 4.69) is 19.2 Å². The van der Waals surface area contributed by atoms with Gasteiger partial charge in [0, 0.05) is 12.2 Å². The largest absolute Gasteiger partial charge is 0.330 e. The summed E-state index contributed by atoms with van der Waals surface area (Å²) >= 11 is 0. The van der Waals surface area contributed by atoms with Gasteiger partial charge in [0.2, 0.25) is 5.91 Å². The van der Waals surface area contributed by atoms with Gasteiger partial charge in [0.1, 0.15) is 0 Å². The Kier molecular flexibility index (Phi) is 5.51. The van der Waals surface area contributed by atoms with Crippen LogP contribution in [0.4, 0.5) is 5.69 Å². The minimum atomic E-state index is -0.000764. The fraction of sp³-hybridized carbons (Fsp3) is 0.533. The maximum absolute atomic E-state index is 11.9. The van der Waals surface area contributed by atoms with Crippen LogP contribution in [0.2, 0.25) is 0 Å². The van der Waals surface area contributed by atoms with Gasteiger partial charge in [-0.3, -0.25) is 9.69 Å². The highest BCUT2D eigenvalue weighted by atomic mass is 16.2. The summed E-state index contributed by atoms with van der Waals surface area (Å²) in [4.78, 5) is 13.9. The van der Waals surface area contributed by atoms with Gasteiger partial charge >= 0.3 is 0 Å². The molecule has 0 fully saturated rings. The van der Waals surface area contributed by atoms with Crippen molar-refractivity contribution in [3.8, 4) is 0 Å². The van der Waals surface area contributed by atoms with Crippen molar-refractivity contribution in [2.24, 2.45) is 11.1 Å². The van der Waals surface area contributed by atoms with Gasteiger partial charge in [-0.1, -0.05) is 31.5 Å². The van der Waals surface area contributed by atoms with E-state index in [0.717, 1.165) is 12.2 Å².